The van der Waals surface area contributed by atoms with Crippen LogP contribution in [-0.2, 0) is 11.2 Å². The summed E-state index contributed by atoms with van der Waals surface area (Å²) in [7, 11) is 0. The first-order valence-corrected chi connectivity index (χ1v) is 8.30. The fourth-order valence-electron chi connectivity index (χ4n) is 2.57. The molecule has 2 unspecified atom stereocenters. The second kappa shape index (κ2) is 7.14. The molecule has 0 bridgehead atoms. The van der Waals surface area contributed by atoms with Crippen LogP contribution < -0.4 is 5.32 Å². The van der Waals surface area contributed by atoms with Gasteiger partial charge in [0, 0.05) is 29.8 Å². The predicted molar refractivity (Wildman–Crippen MR) is 85.2 cm³/mol. The van der Waals surface area contributed by atoms with Gasteiger partial charge in [-0.15, -0.1) is 11.8 Å². The standard InChI is InChI=1S/C16H24N2OS/c1-4-18(5-2)16(19)12(3)17-11-14-10-13-8-6-7-9-15(13)20-14/h6-9,12,14,17H,4-5,10-11H2,1-3H3. The number of carbonyl (C=O) groups is 1. The van der Waals surface area contributed by atoms with E-state index in [9.17, 15) is 4.79 Å². The summed E-state index contributed by atoms with van der Waals surface area (Å²) in [6.07, 6.45) is 1.10. The molecule has 0 saturated carbocycles. The van der Waals surface area contributed by atoms with Crippen molar-refractivity contribution >= 4 is 17.7 Å². The van der Waals surface area contributed by atoms with Gasteiger partial charge in [-0.25, -0.2) is 0 Å². The van der Waals surface area contributed by atoms with Gasteiger partial charge in [0.1, 0.15) is 0 Å². The molecule has 0 spiro atoms. The minimum absolute atomic E-state index is 0.0980. The maximum atomic E-state index is 12.2. The minimum Gasteiger partial charge on any atom is -0.342 e. The maximum Gasteiger partial charge on any atom is 0.239 e. The lowest BCUT2D eigenvalue weighted by Crippen LogP contribution is -2.46. The van der Waals surface area contributed by atoms with E-state index in [0.29, 0.717) is 5.25 Å². The predicted octanol–water partition coefficient (Wildman–Crippen LogP) is 2.55. The Hall–Kier alpha value is -1.00. The van der Waals surface area contributed by atoms with Crippen LogP contribution in [0.25, 0.3) is 0 Å². The molecule has 1 N–H and O–H groups in total. The number of fused-ring (bicyclic) bond motifs is 1. The van der Waals surface area contributed by atoms with Gasteiger partial charge < -0.3 is 10.2 Å². The lowest BCUT2D eigenvalue weighted by atomic mass is 10.1. The highest BCUT2D eigenvalue weighted by Gasteiger charge is 2.24. The third kappa shape index (κ3) is 3.55. The van der Waals surface area contributed by atoms with E-state index in [-0.39, 0.29) is 11.9 Å². The Balaban J connectivity index is 1.81. The fourth-order valence-corrected chi connectivity index (χ4v) is 3.83. The quantitative estimate of drug-likeness (QED) is 0.874. The molecule has 1 aliphatic heterocycles. The van der Waals surface area contributed by atoms with E-state index in [4.69, 9.17) is 0 Å². The first-order chi connectivity index (χ1) is 9.65. The molecule has 2 rings (SSSR count). The lowest BCUT2D eigenvalue weighted by molar-refractivity contribution is -0.132. The molecule has 1 amide bonds. The number of hydrogen-bond acceptors (Lipinski definition) is 3. The van der Waals surface area contributed by atoms with Crippen LogP contribution in [0.4, 0.5) is 0 Å². The molecular weight excluding hydrogens is 268 g/mol. The number of nitrogens with one attached hydrogen (secondary N) is 1. The third-order valence-electron chi connectivity index (χ3n) is 3.81. The Morgan fingerprint density at radius 2 is 2.10 bits per heavy atom. The van der Waals surface area contributed by atoms with Crippen LogP contribution in [-0.4, -0.2) is 41.7 Å². The van der Waals surface area contributed by atoms with Crippen molar-refractivity contribution in [1.82, 2.24) is 10.2 Å². The van der Waals surface area contributed by atoms with E-state index in [2.05, 4.69) is 29.6 Å². The molecule has 4 heteroatoms. The molecule has 0 saturated heterocycles. The van der Waals surface area contributed by atoms with Gasteiger partial charge in [0.05, 0.1) is 6.04 Å². The van der Waals surface area contributed by atoms with Crippen molar-refractivity contribution in [3.05, 3.63) is 29.8 Å². The van der Waals surface area contributed by atoms with Gasteiger partial charge in [-0.1, -0.05) is 18.2 Å². The van der Waals surface area contributed by atoms with Crippen molar-refractivity contribution in [3.8, 4) is 0 Å². The summed E-state index contributed by atoms with van der Waals surface area (Å²) in [5.74, 6) is 0.204. The zero-order valence-electron chi connectivity index (χ0n) is 12.6. The summed E-state index contributed by atoms with van der Waals surface area (Å²) in [5, 5.41) is 3.94. The first-order valence-electron chi connectivity index (χ1n) is 7.42. The molecule has 2 atom stereocenters. The van der Waals surface area contributed by atoms with Gasteiger partial charge >= 0.3 is 0 Å². The molecule has 1 aromatic rings. The number of rotatable bonds is 6. The van der Waals surface area contributed by atoms with Crippen molar-refractivity contribution in [2.45, 2.75) is 43.4 Å². The van der Waals surface area contributed by atoms with E-state index < -0.39 is 0 Å². The first kappa shape index (κ1) is 15.4. The number of thioether (sulfide) groups is 1. The number of amides is 1. The molecule has 0 radical (unpaired) electrons. The second-order valence-corrected chi connectivity index (χ2v) is 6.53. The van der Waals surface area contributed by atoms with E-state index in [0.717, 1.165) is 26.1 Å². The van der Waals surface area contributed by atoms with Gasteiger partial charge in [-0.2, -0.15) is 0 Å². The molecular formula is C16H24N2OS. The van der Waals surface area contributed by atoms with Crippen molar-refractivity contribution in [2.75, 3.05) is 19.6 Å². The minimum atomic E-state index is -0.0980. The van der Waals surface area contributed by atoms with Gasteiger partial charge in [-0.05, 0) is 38.8 Å². The van der Waals surface area contributed by atoms with Crippen molar-refractivity contribution < 1.29 is 4.79 Å². The molecule has 1 aliphatic rings. The Morgan fingerprint density at radius 1 is 1.40 bits per heavy atom. The van der Waals surface area contributed by atoms with Crippen molar-refractivity contribution in [2.24, 2.45) is 0 Å². The molecule has 0 aromatic heterocycles. The van der Waals surface area contributed by atoms with Crippen LogP contribution in [0.3, 0.4) is 0 Å². The SMILES string of the molecule is CCN(CC)C(=O)C(C)NCC1Cc2ccccc2S1. The Labute approximate surface area is 126 Å². The summed E-state index contributed by atoms with van der Waals surface area (Å²) < 4.78 is 0. The zero-order valence-corrected chi connectivity index (χ0v) is 13.4. The summed E-state index contributed by atoms with van der Waals surface area (Å²) in [5.41, 5.74) is 1.44. The molecule has 0 fully saturated rings. The molecule has 110 valence electrons. The highest BCUT2D eigenvalue weighted by atomic mass is 32.2. The highest BCUT2D eigenvalue weighted by Crippen LogP contribution is 2.36. The Morgan fingerprint density at radius 3 is 2.75 bits per heavy atom. The van der Waals surface area contributed by atoms with E-state index in [1.54, 1.807) is 0 Å². The fraction of sp³-hybridized carbons (Fsp3) is 0.562. The van der Waals surface area contributed by atoms with Crippen molar-refractivity contribution in [3.63, 3.8) is 0 Å². The lowest BCUT2D eigenvalue weighted by Gasteiger charge is -2.24. The monoisotopic (exact) mass is 292 g/mol. The normalized spacial score (nSPS) is 18.6. The number of likely N-dealkylation sites (N-methyl/N-ethyl adjacent to an activating group) is 1. The number of nitrogens with zero attached hydrogens (tertiary/aromatic N) is 1. The van der Waals surface area contributed by atoms with Gasteiger partial charge in [-0.3, -0.25) is 4.79 Å². The topological polar surface area (TPSA) is 32.3 Å². The molecule has 0 aliphatic carbocycles. The van der Waals surface area contributed by atoms with E-state index in [1.165, 1.54) is 10.5 Å². The van der Waals surface area contributed by atoms with Crippen molar-refractivity contribution in [1.29, 1.82) is 0 Å². The molecule has 1 heterocycles. The molecule has 20 heavy (non-hydrogen) atoms. The average molecular weight is 292 g/mol. The second-order valence-electron chi connectivity index (χ2n) is 5.19. The van der Waals surface area contributed by atoms with E-state index >= 15 is 0 Å². The van der Waals surface area contributed by atoms with Gasteiger partial charge in [0.15, 0.2) is 0 Å². The summed E-state index contributed by atoms with van der Waals surface area (Å²) in [6, 6.07) is 8.48. The number of carbonyl (C=O) groups excluding carboxylic acids is 1. The van der Waals surface area contributed by atoms with Crippen LogP contribution in [0.2, 0.25) is 0 Å². The largest absolute Gasteiger partial charge is 0.342 e. The van der Waals surface area contributed by atoms with Crippen LogP contribution in [0.1, 0.15) is 26.3 Å². The molecule has 3 nitrogen and oxygen atoms in total. The zero-order chi connectivity index (χ0) is 14.5. The smallest absolute Gasteiger partial charge is 0.239 e. The van der Waals surface area contributed by atoms with Crippen LogP contribution >= 0.6 is 11.8 Å². The maximum absolute atomic E-state index is 12.2. The Kier molecular flexibility index (Phi) is 5.49. The van der Waals surface area contributed by atoms with Crippen LogP contribution in [0, 0.1) is 0 Å². The molecule has 1 aromatic carbocycles. The summed E-state index contributed by atoms with van der Waals surface area (Å²) >= 11 is 1.92. The van der Waals surface area contributed by atoms with Gasteiger partial charge in [0.2, 0.25) is 5.91 Å². The highest BCUT2D eigenvalue weighted by molar-refractivity contribution is 8.00. The van der Waals surface area contributed by atoms with Crippen LogP contribution in [0.5, 0.6) is 0 Å². The van der Waals surface area contributed by atoms with Gasteiger partial charge in [0.25, 0.3) is 0 Å². The third-order valence-corrected chi connectivity index (χ3v) is 5.13. The number of hydrogen-bond donors (Lipinski definition) is 1. The average Bonchev–Trinajstić information content (AvgIpc) is 2.88. The number of benzene rings is 1. The Bertz CT molecular complexity index is 435. The summed E-state index contributed by atoms with van der Waals surface area (Å²) in [6.45, 7) is 8.46. The van der Waals surface area contributed by atoms with Crippen LogP contribution in [0.15, 0.2) is 29.2 Å². The summed E-state index contributed by atoms with van der Waals surface area (Å²) in [4.78, 5) is 15.5. The van der Waals surface area contributed by atoms with E-state index in [1.807, 2.05) is 37.4 Å².